The summed E-state index contributed by atoms with van der Waals surface area (Å²) in [5, 5.41) is 0.649. The fraction of sp³-hybridized carbons (Fsp3) is 0.100. The largest absolute Gasteiger partial charge is 0.240 e. The average molecular weight is 243 g/mol. The van der Waals surface area contributed by atoms with E-state index in [4.69, 9.17) is 0 Å². The van der Waals surface area contributed by atoms with Crippen molar-refractivity contribution in [2.75, 3.05) is 0 Å². The second kappa shape index (κ2) is 3.90. The van der Waals surface area contributed by atoms with Gasteiger partial charge in [0, 0.05) is 5.56 Å². The lowest BCUT2D eigenvalue weighted by molar-refractivity contribution is 0.509. The minimum atomic E-state index is -0.860. The first-order valence-corrected chi connectivity index (χ1v) is 5.46. The highest BCUT2D eigenvalue weighted by atomic mass is 32.2. The van der Waals surface area contributed by atoms with E-state index in [1.807, 2.05) is 6.92 Å². The molecule has 2 aromatic rings. The van der Waals surface area contributed by atoms with Crippen LogP contribution in [0.5, 0.6) is 0 Å². The Morgan fingerprint density at radius 1 is 1.27 bits per heavy atom. The number of thiazole rings is 1. The van der Waals surface area contributed by atoms with Gasteiger partial charge in [-0.2, -0.15) is 0 Å². The van der Waals surface area contributed by atoms with Crippen molar-refractivity contribution >= 4 is 24.0 Å². The van der Waals surface area contributed by atoms with Crippen LogP contribution in [0.2, 0.25) is 0 Å². The fourth-order valence-electron chi connectivity index (χ4n) is 1.14. The molecule has 0 saturated carbocycles. The maximum Gasteiger partial charge on any atom is 0.159 e. The van der Waals surface area contributed by atoms with Crippen molar-refractivity contribution in [2.45, 2.75) is 11.1 Å². The number of nitrogens with zero attached hydrogens (tertiary/aromatic N) is 1. The highest BCUT2D eigenvalue weighted by Crippen LogP contribution is 2.30. The van der Waals surface area contributed by atoms with Crippen molar-refractivity contribution in [2.24, 2.45) is 0 Å². The predicted molar refractivity (Wildman–Crippen MR) is 59.5 cm³/mol. The molecule has 0 N–H and O–H groups in total. The molecular weight excluding hydrogens is 236 g/mol. The van der Waals surface area contributed by atoms with Gasteiger partial charge in [-0.25, -0.2) is 13.8 Å². The molecule has 0 amide bonds. The van der Waals surface area contributed by atoms with Gasteiger partial charge in [0.15, 0.2) is 11.6 Å². The molecule has 0 bridgehead atoms. The molecule has 0 fully saturated rings. The first-order chi connectivity index (χ1) is 7.08. The van der Waals surface area contributed by atoms with Crippen LogP contribution in [0.3, 0.4) is 0 Å². The van der Waals surface area contributed by atoms with Gasteiger partial charge < -0.3 is 0 Å². The van der Waals surface area contributed by atoms with Crippen LogP contribution < -0.4 is 0 Å². The molecule has 2 rings (SSSR count). The number of benzene rings is 1. The van der Waals surface area contributed by atoms with Crippen LogP contribution in [0.15, 0.2) is 22.4 Å². The summed E-state index contributed by atoms with van der Waals surface area (Å²) in [6.45, 7) is 1.82. The van der Waals surface area contributed by atoms with Crippen molar-refractivity contribution in [3.05, 3.63) is 35.5 Å². The zero-order valence-corrected chi connectivity index (χ0v) is 9.50. The number of hydrogen-bond acceptors (Lipinski definition) is 3. The molecular formula is C10H7F2NS2. The molecule has 1 nitrogen and oxygen atoms in total. The molecule has 0 radical (unpaired) electrons. The second-order valence-corrected chi connectivity index (χ2v) is 4.79. The zero-order valence-electron chi connectivity index (χ0n) is 7.79. The molecule has 0 saturated heterocycles. The third-order valence-electron chi connectivity index (χ3n) is 1.94. The van der Waals surface area contributed by atoms with Gasteiger partial charge in [0.05, 0.1) is 9.90 Å². The van der Waals surface area contributed by atoms with E-state index < -0.39 is 11.6 Å². The van der Waals surface area contributed by atoms with E-state index in [1.165, 1.54) is 17.4 Å². The highest BCUT2D eigenvalue weighted by Gasteiger charge is 2.09. The van der Waals surface area contributed by atoms with E-state index >= 15 is 0 Å². The Bertz CT molecular complexity index is 489. The maximum atomic E-state index is 13.0. The fourth-order valence-corrected chi connectivity index (χ4v) is 2.25. The van der Waals surface area contributed by atoms with E-state index in [2.05, 4.69) is 17.6 Å². The average Bonchev–Trinajstić information content (AvgIpc) is 2.52. The first kappa shape index (κ1) is 10.6. The van der Waals surface area contributed by atoms with Crippen LogP contribution in [0.25, 0.3) is 10.6 Å². The van der Waals surface area contributed by atoms with Gasteiger partial charge in [-0.3, -0.25) is 0 Å². The van der Waals surface area contributed by atoms with E-state index in [0.29, 0.717) is 10.6 Å². The molecule has 0 unspecified atom stereocenters. The lowest BCUT2D eigenvalue weighted by atomic mass is 10.2. The summed E-state index contributed by atoms with van der Waals surface area (Å²) in [5.41, 5.74) is 1.37. The lowest BCUT2D eigenvalue weighted by Gasteiger charge is -1.96. The standard InChI is InChI=1S/C10H7F2NS2/c1-5-10(14)15-9(13-5)6-2-3-7(11)8(12)4-6/h2-4,14H,1H3. The summed E-state index contributed by atoms with van der Waals surface area (Å²) in [5.74, 6) is -1.71. The Morgan fingerprint density at radius 2 is 2.00 bits per heavy atom. The molecule has 1 aromatic carbocycles. The molecule has 5 heteroatoms. The summed E-state index contributed by atoms with van der Waals surface area (Å²) >= 11 is 5.55. The monoisotopic (exact) mass is 243 g/mol. The van der Waals surface area contributed by atoms with Gasteiger partial charge in [-0.1, -0.05) is 0 Å². The molecule has 0 aliphatic carbocycles. The predicted octanol–water partition coefficient (Wildman–Crippen LogP) is 3.69. The number of rotatable bonds is 1. The van der Waals surface area contributed by atoms with Crippen LogP contribution in [0.1, 0.15) is 5.69 Å². The van der Waals surface area contributed by atoms with Gasteiger partial charge >= 0.3 is 0 Å². The highest BCUT2D eigenvalue weighted by molar-refractivity contribution is 7.83. The summed E-state index contributed by atoms with van der Waals surface area (Å²) in [7, 11) is 0. The number of hydrogen-bond donors (Lipinski definition) is 1. The Kier molecular flexibility index (Phi) is 2.75. The van der Waals surface area contributed by atoms with Crippen molar-refractivity contribution in [3.63, 3.8) is 0 Å². The number of aryl methyl sites for hydroxylation is 1. The minimum Gasteiger partial charge on any atom is -0.240 e. The van der Waals surface area contributed by atoms with Gasteiger partial charge in [0.1, 0.15) is 5.01 Å². The molecule has 0 atom stereocenters. The third-order valence-corrected chi connectivity index (χ3v) is 3.55. The molecule has 78 valence electrons. The van der Waals surface area contributed by atoms with E-state index in [9.17, 15) is 8.78 Å². The number of thiol groups is 1. The third kappa shape index (κ3) is 2.03. The number of aromatic nitrogens is 1. The minimum absolute atomic E-state index is 0.572. The Morgan fingerprint density at radius 3 is 2.53 bits per heavy atom. The molecule has 0 aliphatic rings. The second-order valence-electron chi connectivity index (χ2n) is 3.04. The molecule has 0 spiro atoms. The van der Waals surface area contributed by atoms with Crippen LogP contribution in [-0.4, -0.2) is 4.98 Å². The van der Waals surface area contributed by atoms with Crippen LogP contribution >= 0.6 is 24.0 Å². The molecule has 0 aliphatic heterocycles. The SMILES string of the molecule is Cc1nc(-c2ccc(F)c(F)c2)sc1S. The summed E-state index contributed by atoms with van der Waals surface area (Å²) < 4.78 is 26.4. The Balaban J connectivity index is 2.49. The maximum absolute atomic E-state index is 13.0. The van der Waals surface area contributed by atoms with Crippen LogP contribution in [0, 0.1) is 18.6 Å². The van der Waals surface area contributed by atoms with Crippen molar-refractivity contribution in [3.8, 4) is 10.6 Å². The molecule has 1 aromatic heterocycles. The zero-order chi connectivity index (χ0) is 11.0. The summed E-state index contributed by atoms with van der Waals surface area (Å²) in [6, 6.07) is 3.74. The number of halogens is 2. The van der Waals surface area contributed by atoms with Gasteiger partial charge in [0.25, 0.3) is 0 Å². The van der Waals surface area contributed by atoms with E-state index in [-0.39, 0.29) is 0 Å². The van der Waals surface area contributed by atoms with Gasteiger partial charge in [0.2, 0.25) is 0 Å². The van der Waals surface area contributed by atoms with Crippen LogP contribution in [0.4, 0.5) is 8.78 Å². The van der Waals surface area contributed by atoms with E-state index in [0.717, 1.165) is 22.0 Å². The van der Waals surface area contributed by atoms with Crippen molar-refractivity contribution in [1.29, 1.82) is 0 Å². The van der Waals surface area contributed by atoms with Crippen molar-refractivity contribution in [1.82, 2.24) is 4.98 Å². The summed E-state index contributed by atoms with van der Waals surface area (Å²) in [6.07, 6.45) is 0. The summed E-state index contributed by atoms with van der Waals surface area (Å²) in [4.78, 5) is 4.20. The van der Waals surface area contributed by atoms with Crippen molar-refractivity contribution < 1.29 is 8.78 Å². The quantitative estimate of drug-likeness (QED) is 0.754. The molecule has 1 heterocycles. The normalized spacial score (nSPS) is 10.7. The lowest BCUT2D eigenvalue weighted by Crippen LogP contribution is -1.84. The smallest absolute Gasteiger partial charge is 0.159 e. The molecule has 15 heavy (non-hydrogen) atoms. The van der Waals surface area contributed by atoms with Crippen LogP contribution in [-0.2, 0) is 0 Å². The Hall–Kier alpha value is -0.940. The first-order valence-electron chi connectivity index (χ1n) is 4.20. The topological polar surface area (TPSA) is 12.9 Å². The Labute approximate surface area is 95.2 Å². The van der Waals surface area contributed by atoms with E-state index in [1.54, 1.807) is 0 Å². The van der Waals surface area contributed by atoms with Gasteiger partial charge in [-0.05, 0) is 25.1 Å². The van der Waals surface area contributed by atoms with Gasteiger partial charge in [-0.15, -0.1) is 24.0 Å².